The molecule has 0 fully saturated rings. The predicted molar refractivity (Wildman–Crippen MR) is 80.6 cm³/mol. The number of halogens is 1. The Hall–Kier alpha value is -1.11. The number of furan rings is 1. The number of rotatable bonds is 8. The summed E-state index contributed by atoms with van der Waals surface area (Å²) in [5.74, 6) is 0.887. The highest BCUT2D eigenvalue weighted by molar-refractivity contribution is 9.10. The first-order valence-corrected chi connectivity index (χ1v) is 7.54. The Morgan fingerprint density at radius 2 is 2.40 bits per heavy atom. The van der Waals surface area contributed by atoms with Crippen LogP contribution >= 0.6 is 15.9 Å². The van der Waals surface area contributed by atoms with Gasteiger partial charge in [0.15, 0.2) is 0 Å². The van der Waals surface area contributed by atoms with Crippen molar-refractivity contribution in [1.82, 2.24) is 15.1 Å². The van der Waals surface area contributed by atoms with Crippen LogP contribution in [0.25, 0.3) is 0 Å². The Kier molecular flexibility index (Phi) is 5.82. The molecule has 1 N–H and O–H groups in total. The van der Waals surface area contributed by atoms with Gasteiger partial charge in [-0.25, -0.2) is 0 Å². The Labute approximate surface area is 127 Å². The van der Waals surface area contributed by atoms with E-state index in [9.17, 15) is 0 Å². The minimum atomic E-state index is -0.0151. The van der Waals surface area contributed by atoms with Crippen molar-refractivity contribution in [2.24, 2.45) is 0 Å². The van der Waals surface area contributed by atoms with Crippen LogP contribution in [0.4, 0.5) is 0 Å². The van der Waals surface area contributed by atoms with E-state index in [1.807, 2.05) is 23.0 Å². The number of nitrogens with zero attached hydrogens (tertiary/aromatic N) is 2. The molecule has 0 aliphatic carbocycles. The van der Waals surface area contributed by atoms with E-state index in [2.05, 4.69) is 33.3 Å². The molecule has 0 aromatic carbocycles. The SMILES string of the molecule is CCCNC(c1ccco1)c1c(Br)cnn1CCOC. The van der Waals surface area contributed by atoms with Crippen molar-refractivity contribution in [1.29, 1.82) is 0 Å². The normalized spacial score (nSPS) is 12.8. The minimum Gasteiger partial charge on any atom is -0.467 e. The van der Waals surface area contributed by atoms with E-state index in [1.54, 1.807) is 13.4 Å². The lowest BCUT2D eigenvalue weighted by Crippen LogP contribution is -2.26. The van der Waals surface area contributed by atoms with Crippen LogP contribution in [-0.2, 0) is 11.3 Å². The van der Waals surface area contributed by atoms with E-state index >= 15 is 0 Å². The van der Waals surface area contributed by atoms with E-state index in [0.29, 0.717) is 13.2 Å². The highest BCUT2D eigenvalue weighted by Gasteiger charge is 2.23. The Balaban J connectivity index is 2.30. The second-order valence-corrected chi connectivity index (χ2v) is 5.35. The highest BCUT2D eigenvalue weighted by atomic mass is 79.9. The summed E-state index contributed by atoms with van der Waals surface area (Å²) < 4.78 is 13.6. The molecule has 2 rings (SSSR count). The van der Waals surface area contributed by atoms with Crippen LogP contribution in [0.3, 0.4) is 0 Å². The molecule has 2 heterocycles. The lowest BCUT2D eigenvalue weighted by Gasteiger charge is -2.18. The number of ether oxygens (including phenoxy) is 1. The summed E-state index contributed by atoms with van der Waals surface area (Å²) in [5.41, 5.74) is 1.06. The van der Waals surface area contributed by atoms with Crippen molar-refractivity contribution in [2.75, 3.05) is 20.3 Å². The summed E-state index contributed by atoms with van der Waals surface area (Å²) in [6, 6.07) is 3.87. The third-order valence-corrected chi connectivity index (χ3v) is 3.65. The molecule has 2 aromatic heterocycles. The number of aromatic nitrogens is 2. The van der Waals surface area contributed by atoms with Crippen LogP contribution in [0.2, 0.25) is 0 Å². The highest BCUT2D eigenvalue weighted by Crippen LogP contribution is 2.29. The van der Waals surface area contributed by atoms with Crippen molar-refractivity contribution in [2.45, 2.75) is 25.9 Å². The predicted octanol–water partition coefficient (Wildman–Crippen LogP) is 2.97. The van der Waals surface area contributed by atoms with Gasteiger partial charge in [-0.05, 0) is 41.0 Å². The zero-order valence-electron chi connectivity index (χ0n) is 11.8. The summed E-state index contributed by atoms with van der Waals surface area (Å²) in [6.45, 7) is 4.39. The quantitative estimate of drug-likeness (QED) is 0.801. The topological polar surface area (TPSA) is 52.2 Å². The van der Waals surface area contributed by atoms with Gasteiger partial charge in [-0.15, -0.1) is 0 Å². The first-order chi connectivity index (χ1) is 9.77. The van der Waals surface area contributed by atoms with Crippen molar-refractivity contribution in [3.8, 4) is 0 Å². The van der Waals surface area contributed by atoms with Crippen molar-refractivity contribution in [3.63, 3.8) is 0 Å². The Bertz CT molecular complexity index is 510. The van der Waals surface area contributed by atoms with Crippen molar-refractivity contribution in [3.05, 3.63) is 40.5 Å². The van der Waals surface area contributed by atoms with Crippen LogP contribution < -0.4 is 5.32 Å². The van der Waals surface area contributed by atoms with E-state index in [-0.39, 0.29) is 6.04 Å². The second-order valence-electron chi connectivity index (χ2n) is 4.50. The van der Waals surface area contributed by atoms with Crippen LogP contribution in [0.15, 0.2) is 33.5 Å². The largest absolute Gasteiger partial charge is 0.467 e. The molecular formula is C14H20BrN3O2. The van der Waals surface area contributed by atoms with Gasteiger partial charge >= 0.3 is 0 Å². The van der Waals surface area contributed by atoms with Crippen LogP contribution in [0.1, 0.15) is 30.8 Å². The molecule has 0 amide bonds. The maximum absolute atomic E-state index is 5.58. The van der Waals surface area contributed by atoms with Gasteiger partial charge in [-0.1, -0.05) is 6.92 Å². The smallest absolute Gasteiger partial charge is 0.126 e. The fourth-order valence-electron chi connectivity index (χ4n) is 2.09. The first kappa shape index (κ1) is 15.3. The summed E-state index contributed by atoms with van der Waals surface area (Å²) in [7, 11) is 1.69. The molecule has 0 spiro atoms. The molecule has 0 aliphatic rings. The van der Waals surface area contributed by atoms with E-state index in [0.717, 1.165) is 28.9 Å². The van der Waals surface area contributed by atoms with Crippen LogP contribution in [0.5, 0.6) is 0 Å². The van der Waals surface area contributed by atoms with Crippen LogP contribution in [0, 0.1) is 0 Å². The van der Waals surface area contributed by atoms with Crippen molar-refractivity contribution >= 4 is 15.9 Å². The van der Waals surface area contributed by atoms with Crippen LogP contribution in [-0.4, -0.2) is 30.0 Å². The molecule has 0 saturated carbocycles. The minimum absolute atomic E-state index is 0.0151. The van der Waals surface area contributed by atoms with Crippen molar-refractivity contribution < 1.29 is 9.15 Å². The number of hydrogen-bond acceptors (Lipinski definition) is 4. The van der Waals surface area contributed by atoms with E-state index in [1.165, 1.54) is 0 Å². The van der Waals surface area contributed by atoms with Gasteiger partial charge in [0.25, 0.3) is 0 Å². The fraction of sp³-hybridized carbons (Fsp3) is 0.500. The number of hydrogen-bond donors (Lipinski definition) is 1. The van der Waals surface area contributed by atoms with Gasteiger partial charge in [-0.3, -0.25) is 4.68 Å². The average Bonchev–Trinajstić information content (AvgIpc) is 3.09. The molecular weight excluding hydrogens is 322 g/mol. The second kappa shape index (κ2) is 7.61. The Morgan fingerprint density at radius 3 is 3.05 bits per heavy atom. The molecule has 5 nitrogen and oxygen atoms in total. The summed E-state index contributed by atoms with van der Waals surface area (Å²) >= 11 is 3.58. The number of methoxy groups -OCH3 is 1. The fourth-order valence-corrected chi connectivity index (χ4v) is 2.62. The zero-order valence-corrected chi connectivity index (χ0v) is 13.4. The Morgan fingerprint density at radius 1 is 1.55 bits per heavy atom. The molecule has 1 atom stereocenters. The molecule has 0 saturated heterocycles. The van der Waals surface area contributed by atoms with E-state index in [4.69, 9.17) is 9.15 Å². The van der Waals surface area contributed by atoms with Gasteiger partial charge in [0.1, 0.15) is 11.8 Å². The molecule has 0 radical (unpaired) electrons. The summed E-state index contributed by atoms with van der Waals surface area (Å²) in [6.07, 6.45) is 4.56. The molecule has 6 heteroatoms. The molecule has 20 heavy (non-hydrogen) atoms. The summed E-state index contributed by atoms with van der Waals surface area (Å²) in [4.78, 5) is 0. The van der Waals surface area contributed by atoms with Gasteiger partial charge in [0, 0.05) is 7.11 Å². The molecule has 2 aromatic rings. The molecule has 0 aliphatic heterocycles. The standard InChI is InChI=1S/C14H20BrN3O2/c1-3-6-16-13(12-5-4-8-20-12)14-11(15)10-17-18(14)7-9-19-2/h4-5,8,10,13,16H,3,6-7,9H2,1-2H3. The monoisotopic (exact) mass is 341 g/mol. The van der Waals surface area contributed by atoms with Gasteiger partial charge in [-0.2, -0.15) is 5.10 Å². The molecule has 110 valence electrons. The summed E-state index contributed by atoms with van der Waals surface area (Å²) in [5, 5.41) is 7.91. The molecule has 1 unspecified atom stereocenters. The number of nitrogens with one attached hydrogen (secondary N) is 1. The lowest BCUT2D eigenvalue weighted by molar-refractivity contribution is 0.181. The lowest BCUT2D eigenvalue weighted by atomic mass is 10.1. The van der Waals surface area contributed by atoms with Gasteiger partial charge in [0.05, 0.1) is 35.8 Å². The maximum Gasteiger partial charge on any atom is 0.126 e. The molecule has 0 bridgehead atoms. The van der Waals surface area contributed by atoms with E-state index < -0.39 is 0 Å². The maximum atomic E-state index is 5.58. The first-order valence-electron chi connectivity index (χ1n) is 6.74. The average molecular weight is 342 g/mol. The van der Waals surface area contributed by atoms with Gasteiger partial charge in [0.2, 0.25) is 0 Å². The third kappa shape index (κ3) is 3.50. The zero-order chi connectivity index (χ0) is 14.4. The van der Waals surface area contributed by atoms with Gasteiger partial charge < -0.3 is 14.5 Å². The third-order valence-electron chi connectivity index (χ3n) is 3.04.